The fourth-order valence-electron chi connectivity index (χ4n) is 1.64. The average molecular weight is 363 g/mol. The first-order valence-corrected chi connectivity index (χ1v) is 7.46. The van der Waals surface area contributed by atoms with Gasteiger partial charge in [0.15, 0.2) is 5.82 Å². The summed E-state index contributed by atoms with van der Waals surface area (Å²) in [6, 6.07) is 0. The van der Waals surface area contributed by atoms with Crippen LogP contribution in [0.2, 0.25) is 0 Å². The van der Waals surface area contributed by atoms with Crippen molar-refractivity contribution >= 4 is 28.4 Å². The van der Waals surface area contributed by atoms with Crippen LogP contribution in [0.3, 0.4) is 0 Å². The molecule has 0 bridgehead atoms. The molecule has 0 saturated heterocycles. The van der Waals surface area contributed by atoms with Crippen LogP contribution in [-0.4, -0.2) is 23.6 Å². The Hall–Kier alpha value is -0.430. The zero-order valence-electron chi connectivity index (χ0n) is 11.8. The molecule has 0 radical (unpaired) electrons. The molecule has 0 aromatic carbocycles. The lowest BCUT2D eigenvalue weighted by Gasteiger charge is -2.26. The SMILES string of the molecule is CCNc1nc(C(C)(CC)OC)nc(CC)c1I. The summed E-state index contributed by atoms with van der Waals surface area (Å²) in [6.07, 6.45) is 1.74. The summed E-state index contributed by atoms with van der Waals surface area (Å²) in [7, 11) is 1.71. The quantitative estimate of drug-likeness (QED) is 0.788. The normalized spacial score (nSPS) is 14.3. The number of aryl methyl sites for hydroxylation is 1. The van der Waals surface area contributed by atoms with Gasteiger partial charge in [0.2, 0.25) is 0 Å². The minimum Gasteiger partial charge on any atom is -0.371 e. The van der Waals surface area contributed by atoms with Crippen molar-refractivity contribution in [1.29, 1.82) is 0 Å². The van der Waals surface area contributed by atoms with Gasteiger partial charge in [-0.25, -0.2) is 9.97 Å². The number of ether oxygens (including phenoxy) is 1. The largest absolute Gasteiger partial charge is 0.371 e. The van der Waals surface area contributed by atoms with Gasteiger partial charge in [-0.2, -0.15) is 0 Å². The summed E-state index contributed by atoms with van der Waals surface area (Å²) >= 11 is 2.30. The number of nitrogens with zero attached hydrogens (tertiary/aromatic N) is 2. The third-order valence-electron chi connectivity index (χ3n) is 3.20. The molecule has 0 aliphatic rings. The number of aromatic nitrogens is 2. The van der Waals surface area contributed by atoms with Gasteiger partial charge in [-0.1, -0.05) is 13.8 Å². The fourth-order valence-corrected chi connectivity index (χ4v) is 2.46. The van der Waals surface area contributed by atoms with Crippen LogP contribution in [0.5, 0.6) is 0 Å². The topological polar surface area (TPSA) is 47.0 Å². The molecule has 0 aliphatic carbocycles. The van der Waals surface area contributed by atoms with Crippen molar-refractivity contribution < 1.29 is 4.74 Å². The van der Waals surface area contributed by atoms with Crippen molar-refractivity contribution in [1.82, 2.24) is 9.97 Å². The fraction of sp³-hybridized carbons (Fsp3) is 0.692. The number of methoxy groups -OCH3 is 1. The third-order valence-corrected chi connectivity index (χ3v) is 4.33. The van der Waals surface area contributed by atoms with Gasteiger partial charge in [0.1, 0.15) is 11.4 Å². The number of hydrogen-bond acceptors (Lipinski definition) is 4. The zero-order valence-corrected chi connectivity index (χ0v) is 14.0. The summed E-state index contributed by atoms with van der Waals surface area (Å²) in [4.78, 5) is 9.29. The molecule has 0 fully saturated rings. The predicted octanol–water partition coefficient (Wildman–Crippen LogP) is 3.35. The third kappa shape index (κ3) is 3.12. The second-order valence-electron chi connectivity index (χ2n) is 4.33. The number of anilines is 1. The van der Waals surface area contributed by atoms with Crippen LogP contribution in [0.15, 0.2) is 0 Å². The van der Waals surface area contributed by atoms with Crippen molar-refractivity contribution in [3.63, 3.8) is 0 Å². The van der Waals surface area contributed by atoms with Gasteiger partial charge in [0, 0.05) is 13.7 Å². The number of hydrogen-bond donors (Lipinski definition) is 1. The van der Waals surface area contributed by atoms with Crippen molar-refractivity contribution in [2.45, 2.75) is 46.1 Å². The van der Waals surface area contributed by atoms with E-state index >= 15 is 0 Å². The molecule has 18 heavy (non-hydrogen) atoms. The summed E-state index contributed by atoms with van der Waals surface area (Å²) in [6.45, 7) is 9.15. The van der Waals surface area contributed by atoms with Crippen LogP contribution in [0.1, 0.15) is 45.6 Å². The molecule has 1 heterocycles. The van der Waals surface area contributed by atoms with E-state index in [9.17, 15) is 0 Å². The molecule has 1 unspecified atom stereocenters. The molecule has 1 N–H and O–H groups in total. The molecule has 0 spiro atoms. The van der Waals surface area contributed by atoms with Crippen LogP contribution >= 0.6 is 22.6 Å². The second-order valence-corrected chi connectivity index (χ2v) is 5.41. The monoisotopic (exact) mass is 363 g/mol. The van der Waals surface area contributed by atoms with Gasteiger partial charge < -0.3 is 10.1 Å². The number of nitrogens with one attached hydrogen (secondary N) is 1. The molecule has 0 saturated carbocycles. The summed E-state index contributed by atoms with van der Waals surface area (Å²) in [5.41, 5.74) is 0.659. The standard InChI is InChI=1S/C13H22IN3O/c1-6-9-10(14)11(15-8-3)17-12(16-9)13(4,7-2)18-5/h6-8H2,1-5H3,(H,15,16,17). The van der Waals surface area contributed by atoms with E-state index in [0.29, 0.717) is 0 Å². The van der Waals surface area contributed by atoms with Gasteiger partial charge in [0.25, 0.3) is 0 Å². The Morgan fingerprint density at radius 2 is 1.94 bits per heavy atom. The van der Waals surface area contributed by atoms with E-state index in [4.69, 9.17) is 4.74 Å². The highest BCUT2D eigenvalue weighted by molar-refractivity contribution is 14.1. The van der Waals surface area contributed by atoms with E-state index < -0.39 is 5.60 Å². The van der Waals surface area contributed by atoms with E-state index in [1.54, 1.807) is 7.11 Å². The maximum Gasteiger partial charge on any atom is 0.162 e. The van der Waals surface area contributed by atoms with Crippen molar-refractivity contribution in [2.75, 3.05) is 19.0 Å². The molecule has 102 valence electrons. The first-order valence-electron chi connectivity index (χ1n) is 6.38. The molecule has 5 heteroatoms. The maximum atomic E-state index is 5.59. The molecule has 1 aromatic heterocycles. The van der Waals surface area contributed by atoms with Crippen LogP contribution in [0.4, 0.5) is 5.82 Å². The number of halogens is 1. The first-order chi connectivity index (χ1) is 8.52. The lowest BCUT2D eigenvalue weighted by molar-refractivity contribution is -0.00906. The van der Waals surface area contributed by atoms with Crippen molar-refractivity contribution in [2.24, 2.45) is 0 Å². The van der Waals surface area contributed by atoms with E-state index in [1.165, 1.54) is 0 Å². The molecule has 0 amide bonds. The molecule has 1 atom stereocenters. The Morgan fingerprint density at radius 1 is 1.28 bits per heavy atom. The predicted molar refractivity (Wildman–Crippen MR) is 82.9 cm³/mol. The van der Waals surface area contributed by atoms with Crippen LogP contribution in [0.25, 0.3) is 0 Å². The lowest BCUT2D eigenvalue weighted by atomic mass is 10.0. The maximum absolute atomic E-state index is 5.59. The highest BCUT2D eigenvalue weighted by Crippen LogP contribution is 2.29. The zero-order chi connectivity index (χ0) is 13.8. The minimum absolute atomic E-state index is 0.418. The molecule has 0 aliphatic heterocycles. The summed E-state index contributed by atoms with van der Waals surface area (Å²) in [5, 5.41) is 3.30. The Kier molecular flexibility index (Phi) is 5.78. The van der Waals surface area contributed by atoms with E-state index in [0.717, 1.165) is 40.3 Å². The van der Waals surface area contributed by atoms with Crippen LogP contribution < -0.4 is 5.32 Å². The Morgan fingerprint density at radius 3 is 2.39 bits per heavy atom. The Bertz CT molecular complexity index is 405. The smallest absolute Gasteiger partial charge is 0.162 e. The van der Waals surface area contributed by atoms with Gasteiger partial charge in [-0.05, 0) is 49.3 Å². The number of rotatable bonds is 6. The van der Waals surface area contributed by atoms with E-state index in [-0.39, 0.29) is 0 Å². The second kappa shape index (κ2) is 6.65. The highest BCUT2D eigenvalue weighted by Gasteiger charge is 2.29. The van der Waals surface area contributed by atoms with Gasteiger partial charge >= 0.3 is 0 Å². The summed E-state index contributed by atoms with van der Waals surface area (Å²) in [5.74, 6) is 1.68. The van der Waals surface area contributed by atoms with E-state index in [2.05, 4.69) is 58.6 Å². The van der Waals surface area contributed by atoms with Crippen molar-refractivity contribution in [3.05, 3.63) is 15.1 Å². The Labute approximate surface area is 123 Å². The summed E-state index contributed by atoms with van der Waals surface area (Å²) < 4.78 is 6.70. The van der Waals surface area contributed by atoms with Gasteiger partial charge in [-0.15, -0.1) is 0 Å². The molecule has 1 rings (SSSR count). The van der Waals surface area contributed by atoms with Gasteiger partial charge in [0.05, 0.1) is 9.26 Å². The lowest BCUT2D eigenvalue weighted by Crippen LogP contribution is -2.27. The molecule has 1 aromatic rings. The molecular weight excluding hydrogens is 341 g/mol. The Balaban J connectivity index is 3.33. The van der Waals surface area contributed by atoms with Crippen LogP contribution in [-0.2, 0) is 16.8 Å². The van der Waals surface area contributed by atoms with Gasteiger partial charge in [-0.3, -0.25) is 0 Å². The molecular formula is C13H22IN3O. The van der Waals surface area contributed by atoms with Crippen molar-refractivity contribution in [3.8, 4) is 0 Å². The molecule has 4 nitrogen and oxygen atoms in total. The minimum atomic E-state index is -0.418. The van der Waals surface area contributed by atoms with E-state index in [1.807, 2.05) is 6.92 Å². The average Bonchev–Trinajstić information content (AvgIpc) is 2.40. The highest BCUT2D eigenvalue weighted by atomic mass is 127. The van der Waals surface area contributed by atoms with Crippen LogP contribution in [0, 0.1) is 3.57 Å². The first kappa shape index (κ1) is 15.6.